The lowest BCUT2D eigenvalue weighted by Gasteiger charge is -2.30. The van der Waals surface area contributed by atoms with Crippen molar-refractivity contribution in [1.82, 2.24) is 10.2 Å². The topological polar surface area (TPSA) is 110 Å². The summed E-state index contributed by atoms with van der Waals surface area (Å²) in [6.45, 7) is 2.48. The van der Waals surface area contributed by atoms with Crippen molar-refractivity contribution in [2.24, 2.45) is 0 Å². The number of rotatable bonds is 8. The Balaban J connectivity index is 2.36. The van der Waals surface area contributed by atoms with Crippen LogP contribution < -0.4 is 5.32 Å². The van der Waals surface area contributed by atoms with Gasteiger partial charge < -0.3 is 15.0 Å². The molecule has 0 radical (unpaired) electrons. The SMILES string of the molecule is CCOC(=O)CNC(=O)C(c1ccc(S(=O)(=O)C(F)(F)F)cc1)N(C(C)=O)C1CC1. The van der Waals surface area contributed by atoms with E-state index in [-0.39, 0.29) is 18.2 Å². The smallest absolute Gasteiger partial charge is 0.465 e. The van der Waals surface area contributed by atoms with Crippen molar-refractivity contribution in [3.63, 3.8) is 0 Å². The molecule has 1 atom stereocenters. The number of benzene rings is 1. The highest BCUT2D eigenvalue weighted by atomic mass is 32.2. The Morgan fingerprint density at radius 2 is 1.77 bits per heavy atom. The van der Waals surface area contributed by atoms with E-state index in [9.17, 15) is 36.0 Å². The molecule has 8 nitrogen and oxygen atoms in total. The van der Waals surface area contributed by atoms with E-state index in [4.69, 9.17) is 4.74 Å². The summed E-state index contributed by atoms with van der Waals surface area (Å²) in [4.78, 5) is 36.7. The summed E-state index contributed by atoms with van der Waals surface area (Å²) in [7, 11) is -5.55. The van der Waals surface area contributed by atoms with E-state index in [1.165, 1.54) is 11.8 Å². The molecule has 166 valence electrons. The van der Waals surface area contributed by atoms with Crippen LogP contribution in [-0.4, -0.2) is 55.8 Å². The monoisotopic (exact) mass is 450 g/mol. The molecule has 1 aliphatic carbocycles. The molecule has 1 aliphatic rings. The fraction of sp³-hybridized carbons (Fsp3) is 0.500. The normalized spacial score (nSPS) is 15.2. The second-order valence-electron chi connectivity index (χ2n) is 6.60. The third-order valence-electron chi connectivity index (χ3n) is 4.35. The molecular formula is C18H21F3N2O6S. The molecule has 2 rings (SSSR count). The number of hydrogen-bond acceptors (Lipinski definition) is 6. The minimum atomic E-state index is -5.55. The van der Waals surface area contributed by atoms with Gasteiger partial charge in [0.25, 0.3) is 9.84 Å². The van der Waals surface area contributed by atoms with Gasteiger partial charge in [0.05, 0.1) is 11.5 Å². The third-order valence-corrected chi connectivity index (χ3v) is 5.86. The van der Waals surface area contributed by atoms with E-state index >= 15 is 0 Å². The van der Waals surface area contributed by atoms with E-state index < -0.39 is 50.6 Å². The van der Waals surface area contributed by atoms with Crippen molar-refractivity contribution in [2.45, 2.75) is 49.2 Å². The summed E-state index contributed by atoms with van der Waals surface area (Å²) in [6, 6.07) is 2.08. The van der Waals surface area contributed by atoms with Crippen LogP contribution in [0.2, 0.25) is 0 Å². The van der Waals surface area contributed by atoms with Crippen molar-refractivity contribution in [2.75, 3.05) is 13.2 Å². The van der Waals surface area contributed by atoms with Gasteiger partial charge in [-0.15, -0.1) is 0 Å². The molecule has 1 N–H and O–H groups in total. The Kier molecular flexibility index (Phi) is 7.11. The van der Waals surface area contributed by atoms with Crippen LogP contribution in [0.5, 0.6) is 0 Å². The molecule has 0 aliphatic heterocycles. The number of sulfone groups is 1. The van der Waals surface area contributed by atoms with Gasteiger partial charge in [0.1, 0.15) is 12.6 Å². The van der Waals surface area contributed by atoms with Crippen LogP contribution in [0.15, 0.2) is 29.2 Å². The van der Waals surface area contributed by atoms with E-state index in [1.807, 2.05) is 0 Å². The molecule has 0 aromatic heterocycles. The van der Waals surface area contributed by atoms with Crippen molar-refractivity contribution in [1.29, 1.82) is 0 Å². The highest BCUT2D eigenvalue weighted by molar-refractivity contribution is 7.92. The highest BCUT2D eigenvalue weighted by Crippen LogP contribution is 2.36. The summed E-state index contributed by atoms with van der Waals surface area (Å²) < 4.78 is 66.1. The third kappa shape index (κ3) is 5.29. The maximum Gasteiger partial charge on any atom is 0.501 e. The average Bonchev–Trinajstić information content (AvgIpc) is 3.48. The van der Waals surface area contributed by atoms with Crippen molar-refractivity contribution in [3.05, 3.63) is 29.8 Å². The first-order valence-electron chi connectivity index (χ1n) is 9.03. The Bertz CT molecular complexity index is 911. The Hall–Kier alpha value is -2.63. The number of esters is 1. The van der Waals surface area contributed by atoms with Gasteiger partial charge in [0, 0.05) is 13.0 Å². The standard InChI is InChI=1S/C18H21F3N2O6S/c1-3-29-15(25)10-22-17(26)16(23(11(2)24)13-6-7-13)12-4-8-14(9-5-12)30(27,28)18(19,20)21/h4-5,8-9,13,16H,3,6-7,10H2,1-2H3,(H,22,26). The van der Waals surface area contributed by atoms with Crippen LogP contribution in [-0.2, 0) is 29.0 Å². The molecule has 1 fully saturated rings. The summed E-state index contributed by atoms with van der Waals surface area (Å²) in [5.41, 5.74) is -5.36. The molecule has 0 heterocycles. The number of hydrogen-bond donors (Lipinski definition) is 1. The fourth-order valence-electron chi connectivity index (χ4n) is 2.87. The van der Waals surface area contributed by atoms with E-state index in [0.717, 1.165) is 24.3 Å². The lowest BCUT2D eigenvalue weighted by Crippen LogP contribution is -2.45. The molecule has 0 spiro atoms. The molecule has 12 heteroatoms. The quantitative estimate of drug-likeness (QED) is 0.604. The summed E-state index contributed by atoms with van der Waals surface area (Å²) in [5.74, 6) is -1.88. The number of alkyl halides is 3. The lowest BCUT2D eigenvalue weighted by atomic mass is 10.0. The molecule has 30 heavy (non-hydrogen) atoms. The van der Waals surface area contributed by atoms with Gasteiger partial charge in [-0.1, -0.05) is 12.1 Å². The van der Waals surface area contributed by atoms with Crippen molar-refractivity contribution >= 4 is 27.6 Å². The first-order valence-corrected chi connectivity index (χ1v) is 10.5. The minimum absolute atomic E-state index is 0.106. The van der Waals surface area contributed by atoms with Crippen molar-refractivity contribution < 1.29 is 40.7 Å². The maximum atomic E-state index is 12.8. The van der Waals surface area contributed by atoms with Gasteiger partial charge in [-0.05, 0) is 37.5 Å². The summed E-state index contributed by atoms with van der Waals surface area (Å²) in [6.07, 6.45) is 1.28. The predicted octanol–water partition coefficient (Wildman–Crippen LogP) is 1.71. The first kappa shape index (κ1) is 23.6. The zero-order valence-electron chi connectivity index (χ0n) is 16.2. The maximum absolute atomic E-state index is 12.8. The molecule has 1 unspecified atom stereocenters. The second-order valence-corrected chi connectivity index (χ2v) is 8.54. The van der Waals surface area contributed by atoms with Crippen LogP contribution in [0.25, 0.3) is 0 Å². The van der Waals surface area contributed by atoms with Gasteiger partial charge in [0.2, 0.25) is 11.8 Å². The number of nitrogens with zero attached hydrogens (tertiary/aromatic N) is 1. The molecule has 1 aromatic rings. The van der Waals surface area contributed by atoms with Gasteiger partial charge in [-0.2, -0.15) is 13.2 Å². The van der Waals surface area contributed by atoms with Crippen LogP contribution in [0.4, 0.5) is 13.2 Å². The van der Waals surface area contributed by atoms with Crippen LogP contribution in [0.3, 0.4) is 0 Å². The Morgan fingerprint density at radius 3 is 2.20 bits per heavy atom. The molecule has 1 saturated carbocycles. The predicted molar refractivity (Wildman–Crippen MR) is 97.6 cm³/mol. The number of carbonyl (C=O) groups excluding carboxylic acids is 3. The molecule has 2 amide bonds. The van der Waals surface area contributed by atoms with Gasteiger partial charge in [-0.25, -0.2) is 8.42 Å². The average molecular weight is 450 g/mol. The van der Waals surface area contributed by atoms with E-state index in [2.05, 4.69) is 5.32 Å². The highest BCUT2D eigenvalue weighted by Gasteiger charge is 2.47. The summed E-state index contributed by atoms with van der Waals surface area (Å²) in [5, 5.41) is 2.35. The second kappa shape index (κ2) is 9.02. The minimum Gasteiger partial charge on any atom is -0.465 e. The number of carbonyl (C=O) groups is 3. The Labute approximate surface area is 171 Å². The van der Waals surface area contributed by atoms with Gasteiger partial charge in [-0.3, -0.25) is 14.4 Å². The van der Waals surface area contributed by atoms with Crippen molar-refractivity contribution in [3.8, 4) is 0 Å². The zero-order valence-corrected chi connectivity index (χ0v) is 17.0. The Morgan fingerprint density at radius 1 is 1.20 bits per heavy atom. The molecule has 1 aromatic carbocycles. The van der Waals surface area contributed by atoms with E-state index in [1.54, 1.807) is 6.92 Å². The molecular weight excluding hydrogens is 429 g/mol. The van der Waals surface area contributed by atoms with Gasteiger partial charge >= 0.3 is 11.5 Å². The van der Waals surface area contributed by atoms with Gasteiger partial charge in [0.15, 0.2) is 0 Å². The van der Waals surface area contributed by atoms with E-state index in [0.29, 0.717) is 12.8 Å². The van der Waals surface area contributed by atoms with Crippen LogP contribution in [0.1, 0.15) is 38.3 Å². The molecule has 0 saturated heterocycles. The number of nitrogens with one attached hydrogen (secondary N) is 1. The lowest BCUT2D eigenvalue weighted by molar-refractivity contribution is -0.145. The summed E-state index contributed by atoms with van der Waals surface area (Å²) >= 11 is 0. The fourth-order valence-corrected chi connectivity index (χ4v) is 3.63. The number of halogens is 3. The largest absolute Gasteiger partial charge is 0.501 e. The zero-order chi connectivity index (χ0) is 22.7. The number of ether oxygens (including phenoxy) is 1. The number of amides is 2. The van der Waals surface area contributed by atoms with Crippen LogP contribution in [0, 0.1) is 0 Å². The molecule has 0 bridgehead atoms. The first-order chi connectivity index (χ1) is 13.9. The van der Waals surface area contributed by atoms with Crippen LogP contribution >= 0.6 is 0 Å².